The maximum Gasteiger partial charge on any atom is 0.416 e. The van der Waals surface area contributed by atoms with Crippen LogP contribution in [0.5, 0.6) is 0 Å². The summed E-state index contributed by atoms with van der Waals surface area (Å²) in [6.07, 6.45) is -2.98. The third-order valence-corrected chi connectivity index (χ3v) is 5.48. The second kappa shape index (κ2) is 6.44. The van der Waals surface area contributed by atoms with Gasteiger partial charge in [-0.05, 0) is 35.7 Å². The van der Waals surface area contributed by atoms with Crippen molar-refractivity contribution in [2.24, 2.45) is 7.05 Å². The van der Waals surface area contributed by atoms with Crippen LogP contribution in [0, 0.1) is 0 Å². The molecule has 0 spiro atoms. The molecule has 1 aromatic heterocycles. The second-order valence-electron chi connectivity index (χ2n) is 6.11. The molecule has 8 heteroatoms. The maximum atomic E-state index is 12.7. The van der Waals surface area contributed by atoms with E-state index in [0.717, 1.165) is 17.6 Å². The van der Waals surface area contributed by atoms with Gasteiger partial charge in [0, 0.05) is 24.1 Å². The number of benzene rings is 2. The van der Waals surface area contributed by atoms with Gasteiger partial charge in [0.05, 0.1) is 5.56 Å². The summed E-state index contributed by atoms with van der Waals surface area (Å²) < 4.78 is 73.5. The van der Waals surface area contributed by atoms with Gasteiger partial charge >= 0.3 is 6.18 Å². The average Bonchev–Trinajstić information content (AvgIpc) is 2.88. The second-order valence-corrected chi connectivity index (χ2v) is 7.71. The number of hydrogen-bond acceptors (Lipinski definition) is 2. The highest BCUT2D eigenvalue weighted by molar-refractivity contribution is 7.86. The molecule has 3 aromatic rings. The fourth-order valence-corrected chi connectivity index (χ4v) is 3.96. The van der Waals surface area contributed by atoms with E-state index in [-0.39, 0.29) is 6.42 Å². The minimum absolute atomic E-state index is 0.134. The first-order valence-electron chi connectivity index (χ1n) is 7.74. The molecule has 1 atom stereocenters. The highest BCUT2D eigenvalue weighted by Crippen LogP contribution is 2.34. The first kappa shape index (κ1) is 18.5. The summed E-state index contributed by atoms with van der Waals surface area (Å²) in [6.45, 7) is 0. The lowest BCUT2D eigenvalue weighted by Gasteiger charge is -2.14. The Bertz CT molecular complexity index is 1040. The van der Waals surface area contributed by atoms with Crippen molar-refractivity contribution in [1.29, 1.82) is 0 Å². The van der Waals surface area contributed by atoms with Crippen molar-refractivity contribution in [2.75, 3.05) is 0 Å². The zero-order chi connectivity index (χ0) is 19.1. The lowest BCUT2D eigenvalue weighted by Crippen LogP contribution is -2.15. The maximum absolute atomic E-state index is 12.7. The van der Waals surface area contributed by atoms with E-state index < -0.39 is 27.1 Å². The van der Waals surface area contributed by atoms with E-state index in [4.69, 9.17) is 0 Å². The normalized spacial score (nSPS) is 13.9. The highest BCUT2D eigenvalue weighted by Gasteiger charge is 2.31. The smallest absolute Gasteiger partial charge is 0.350 e. The van der Waals surface area contributed by atoms with Crippen molar-refractivity contribution in [1.82, 2.24) is 4.57 Å². The van der Waals surface area contributed by atoms with Crippen molar-refractivity contribution >= 4 is 21.0 Å². The van der Waals surface area contributed by atoms with Crippen LogP contribution in [0.25, 0.3) is 10.9 Å². The first-order valence-corrected chi connectivity index (χ1v) is 9.24. The summed E-state index contributed by atoms with van der Waals surface area (Å²) in [4.78, 5) is 0. The predicted octanol–water partition coefficient (Wildman–Crippen LogP) is 4.37. The van der Waals surface area contributed by atoms with Gasteiger partial charge < -0.3 is 4.57 Å². The van der Waals surface area contributed by atoms with E-state index in [0.29, 0.717) is 16.5 Å². The van der Waals surface area contributed by atoms with Gasteiger partial charge in [-0.15, -0.1) is 0 Å². The van der Waals surface area contributed by atoms with Gasteiger partial charge in [-0.1, -0.05) is 30.3 Å². The fourth-order valence-electron chi connectivity index (χ4n) is 3.05. The number of nitrogens with zero attached hydrogens (tertiary/aromatic N) is 1. The number of aromatic nitrogens is 1. The van der Waals surface area contributed by atoms with Gasteiger partial charge in [0.15, 0.2) is 0 Å². The van der Waals surface area contributed by atoms with E-state index in [2.05, 4.69) is 0 Å². The van der Waals surface area contributed by atoms with Crippen molar-refractivity contribution in [3.8, 4) is 0 Å². The van der Waals surface area contributed by atoms with E-state index in [9.17, 15) is 26.1 Å². The number of hydrogen-bond donors (Lipinski definition) is 1. The molecule has 0 fully saturated rings. The molecule has 138 valence electrons. The van der Waals surface area contributed by atoms with Crippen LogP contribution < -0.4 is 0 Å². The molecule has 0 saturated heterocycles. The van der Waals surface area contributed by atoms with Crippen molar-refractivity contribution < 1.29 is 26.1 Å². The predicted molar refractivity (Wildman–Crippen MR) is 92.4 cm³/mol. The van der Waals surface area contributed by atoms with Crippen LogP contribution in [0.3, 0.4) is 0 Å². The summed E-state index contributed by atoms with van der Waals surface area (Å²) in [7, 11) is -2.71. The molecular formula is C18H16F3NO3S. The van der Waals surface area contributed by atoms with Gasteiger partial charge in [0.1, 0.15) is 5.25 Å². The van der Waals surface area contributed by atoms with Crippen LogP contribution in [-0.4, -0.2) is 17.5 Å². The Balaban J connectivity index is 2.02. The molecular weight excluding hydrogens is 367 g/mol. The van der Waals surface area contributed by atoms with Gasteiger partial charge in [-0.25, -0.2) is 0 Å². The van der Waals surface area contributed by atoms with Gasteiger partial charge in [0.2, 0.25) is 0 Å². The van der Waals surface area contributed by atoms with E-state index in [1.807, 2.05) is 12.1 Å². The SMILES string of the molecule is Cn1cc(C(Cc2ccc(C(F)(F)F)cc2)S(=O)(=O)O)c2ccccc21. The molecule has 0 aliphatic heterocycles. The summed E-state index contributed by atoms with van der Waals surface area (Å²) in [5.41, 5.74) is 0.775. The zero-order valence-electron chi connectivity index (χ0n) is 13.7. The summed E-state index contributed by atoms with van der Waals surface area (Å²) in [5, 5.41) is -0.602. The average molecular weight is 383 g/mol. The van der Waals surface area contributed by atoms with Crippen molar-refractivity contribution in [2.45, 2.75) is 17.8 Å². The molecule has 0 aliphatic rings. The third kappa shape index (κ3) is 3.61. The molecule has 1 unspecified atom stereocenters. The van der Waals surface area contributed by atoms with E-state index in [1.54, 1.807) is 29.9 Å². The number of alkyl halides is 3. The quantitative estimate of drug-likeness (QED) is 0.681. The molecule has 4 nitrogen and oxygen atoms in total. The summed E-state index contributed by atoms with van der Waals surface area (Å²) >= 11 is 0. The number of aryl methyl sites for hydroxylation is 1. The Morgan fingerprint density at radius 2 is 1.69 bits per heavy atom. The van der Waals surface area contributed by atoms with E-state index in [1.165, 1.54) is 12.1 Å². The molecule has 3 rings (SSSR count). The van der Waals surface area contributed by atoms with Crippen LogP contribution in [0.2, 0.25) is 0 Å². The molecule has 0 radical (unpaired) electrons. The molecule has 0 bridgehead atoms. The number of halogens is 3. The van der Waals surface area contributed by atoms with Crippen LogP contribution in [0.4, 0.5) is 13.2 Å². The Morgan fingerprint density at radius 1 is 1.08 bits per heavy atom. The summed E-state index contributed by atoms with van der Waals surface area (Å²) in [6, 6.07) is 11.4. The van der Waals surface area contributed by atoms with Crippen LogP contribution in [0.1, 0.15) is 21.9 Å². The number of rotatable bonds is 4. The molecule has 2 aromatic carbocycles. The molecule has 26 heavy (non-hydrogen) atoms. The lowest BCUT2D eigenvalue weighted by atomic mass is 10.0. The number of para-hydroxylation sites is 1. The van der Waals surface area contributed by atoms with E-state index >= 15 is 0 Å². The number of fused-ring (bicyclic) bond motifs is 1. The van der Waals surface area contributed by atoms with Crippen LogP contribution in [0.15, 0.2) is 54.7 Å². The molecule has 1 heterocycles. The standard InChI is InChI=1S/C18H16F3NO3S/c1-22-11-15(14-4-2-3-5-16(14)22)17(26(23,24)25)10-12-6-8-13(9-7-12)18(19,20)21/h2-9,11,17H,10H2,1H3,(H,23,24,25). The van der Waals surface area contributed by atoms with Crippen LogP contribution in [-0.2, 0) is 29.8 Å². The fraction of sp³-hybridized carbons (Fsp3) is 0.222. The van der Waals surface area contributed by atoms with Gasteiger partial charge in [-0.2, -0.15) is 21.6 Å². The Morgan fingerprint density at radius 3 is 2.27 bits per heavy atom. The Labute approximate surface area is 148 Å². The molecule has 0 amide bonds. The molecule has 1 N–H and O–H groups in total. The third-order valence-electron chi connectivity index (χ3n) is 4.34. The molecule has 0 saturated carbocycles. The van der Waals surface area contributed by atoms with Gasteiger partial charge in [0.25, 0.3) is 10.1 Å². The lowest BCUT2D eigenvalue weighted by molar-refractivity contribution is -0.137. The van der Waals surface area contributed by atoms with Gasteiger partial charge in [-0.3, -0.25) is 4.55 Å². The highest BCUT2D eigenvalue weighted by atomic mass is 32.2. The minimum Gasteiger partial charge on any atom is -0.350 e. The minimum atomic E-state index is -4.47. The first-order chi connectivity index (χ1) is 12.1. The monoisotopic (exact) mass is 383 g/mol. The Kier molecular flexibility index (Phi) is 4.58. The zero-order valence-corrected chi connectivity index (χ0v) is 14.6. The van der Waals surface area contributed by atoms with Crippen molar-refractivity contribution in [3.05, 3.63) is 71.4 Å². The summed E-state index contributed by atoms with van der Waals surface area (Å²) in [5.74, 6) is 0. The van der Waals surface area contributed by atoms with Crippen LogP contribution >= 0.6 is 0 Å². The Hall–Kier alpha value is -2.32. The topological polar surface area (TPSA) is 59.3 Å². The van der Waals surface area contributed by atoms with Crippen molar-refractivity contribution in [3.63, 3.8) is 0 Å². The molecule has 0 aliphatic carbocycles. The largest absolute Gasteiger partial charge is 0.416 e.